The van der Waals surface area contributed by atoms with E-state index in [9.17, 15) is 9.59 Å². The lowest BCUT2D eigenvalue weighted by atomic mass is 9.84. The molecule has 0 bridgehead atoms. The summed E-state index contributed by atoms with van der Waals surface area (Å²) in [6, 6.07) is 24.8. The SMILES string of the molecule is CC(C)(C)OC(=O)N[C@@]1(c2ccccc2)C(=O)N(Cc2ccccc2)c2cc(Br)ccc21. The average Bonchev–Trinajstić information content (AvgIpc) is 2.96. The van der Waals surface area contributed by atoms with Crippen LogP contribution in [0.2, 0.25) is 0 Å². The fourth-order valence-electron chi connectivity index (χ4n) is 4.01. The minimum absolute atomic E-state index is 0.230. The third-order valence-electron chi connectivity index (χ3n) is 5.30. The predicted molar refractivity (Wildman–Crippen MR) is 128 cm³/mol. The van der Waals surface area contributed by atoms with Crippen LogP contribution < -0.4 is 10.2 Å². The fourth-order valence-corrected chi connectivity index (χ4v) is 4.36. The molecule has 0 radical (unpaired) electrons. The minimum atomic E-state index is -1.39. The first kappa shape index (κ1) is 22.1. The van der Waals surface area contributed by atoms with Crippen molar-refractivity contribution < 1.29 is 14.3 Å². The van der Waals surface area contributed by atoms with Crippen LogP contribution in [-0.4, -0.2) is 17.6 Å². The second kappa shape index (κ2) is 8.43. The Morgan fingerprint density at radius 1 is 1.00 bits per heavy atom. The van der Waals surface area contributed by atoms with Crippen molar-refractivity contribution >= 4 is 33.6 Å². The number of rotatable bonds is 4. The third kappa shape index (κ3) is 4.15. The largest absolute Gasteiger partial charge is 0.444 e. The van der Waals surface area contributed by atoms with Gasteiger partial charge in [0.1, 0.15) is 5.60 Å². The van der Waals surface area contributed by atoms with Crippen LogP contribution in [0.4, 0.5) is 10.5 Å². The van der Waals surface area contributed by atoms with Gasteiger partial charge in [-0.2, -0.15) is 0 Å². The Morgan fingerprint density at radius 2 is 1.62 bits per heavy atom. The van der Waals surface area contributed by atoms with E-state index in [0.29, 0.717) is 17.7 Å². The minimum Gasteiger partial charge on any atom is -0.444 e. The van der Waals surface area contributed by atoms with Gasteiger partial charge in [-0.1, -0.05) is 82.7 Å². The fraction of sp³-hybridized carbons (Fsp3) is 0.231. The molecule has 2 amide bonds. The van der Waals surface area contributed by atoms with Gasteiger partial charge in [0.25, 0.3) is 5.91 Å². The Bertz CT molecular complexity index is 1140. The van der Waals surface area contributed by atoms with Gasteiger partial charge in [-0.3, -0.25) is 10.1 Å². The Morgan fingerprint density at radius 3 is 2.25 bits per heavy atom. The molecule has 3 aromatic rings. The zero-order valence-corrected chi connectivity index (χ0v) is 19.8. The molecular weight excluding hydrogens is 468 g/mol. The van der Waals surface area contributed by atoms with Gasteiger partial charge in [0.15, 0.2) is 5.54 Å². The molecule has 32 heavy (non-hydrogen) atoms. The van der Waals surface area contributed by atoms with Crippen LogP contribution in [0.5, 0.6) is 0 Å². The highest BCUT2D eigenvalue weighted by Crippen LogP contribution is 2.46. The van der Waals surface area contributed by atoms with Crippen LogP contribution in [0.15, 0.2) is 83.3 Å². The van der Waals surface area contributed by atoms with Crippen LogP contribution in [0.3, 0.4) is 0 Å². The van der Waals surface area contributed by atoms with Gasteiger partial charge in [-0.05, 0) is 44.0 Å². The highest BCUT2D eigenvalue weighted by Gasteiger charge is 2.54. The molecule has 0 aliphatic carbocycles. The van der Waals surface area contributed by atoms with Gasteiger partial charge >= 0.3 is 6.09 Å². The molecule has 0 saturated carbocycles. The highest BCUT2D eigenvalue weighted by atomic mass is 79.9. The lowest BCUT2D eigenvalue weighted by Crippen LogP contribution is -2.54. The van der Waals surface area contributed by atoms with Gasteiger partial charge in [0.2, 0.25) is 0 Å². The number of alkyl carbamates (subject to hydrolysis) is 1. The number of fused-ring (bicyclic) bond motifs is 1. The molecule has 1 aliphatic heterocycles. The summed E-state index contributed by atoms with van der Waals surface area (Å²) in [5.41, 5.74) is 1.03. The molecule has 6 heteroatoms. The molecule has 3 aromatic carbocycles. The lowest BCUT2D eigenvalue weighted by Gasteiger charge is -2.32. The number of nitrogens with one attached hydrogen (secondary N) is 1. The molecule has 5 nitrogen and oxygen atoms in total. The van der Waals surface area contributed by atoms with Crippen LogP contribution >= 0.6 is 15.9 Å². The Labute approximate surface area is 196 Å². The van der Waals surface area contributed by atoms with Gasteiger partial charge in [0.05, 0.1) is 12.2 Å². The van der Waals surface area contributed by atoms with Gasteiger partial charge in [0, 0.05) is 10.0 Å². The van der Waals surface area contributed by atoms with Crippen LogP contribution in [-0.2, 0) is 21.6 Å². The predicted octanol–water partition coefficient (Wildman–Crippen LogP) is 5.76. The third-order valence-corrected chi connectivity index (χ3v) is 5.79. The van der Waals surface area contributed by atoms with E-state index in [0.717, 1.165) is 15.7 Å². The summed E-state index contributed by atoms with van der Waals surface area (Å²) in [6.45, 7) is 5.77. The van der Waals surface area contributed by atoms with Crippen molar-refractivity contribution in [3.63, 3.8) is 0 Å². The zero-order valence-electron chi connectivity index (χ0n) is 18.3. The van der Waals surface area contributed by atoms with Crippen molar-refractivity contribution in [3.05, 3.63) is 100 Å². The summed E-state index contributed by atoms with van der Waals surface area (Å²) in [5.74, 6) is -0.230. The number of halogens is 1. The summed E-state index contributed by atoms with van der Waals surface area (Å²) in [6.07, 6.45) is -0.648. The molecule has 0 unspecified atom stereocenters. The summed E-state index contributed by atoms with van der Waals surface area (Å²) in [5, 5.41) is 2.94. The molecule has 1 N–H and O–H groups in total. The van der Waals surface area contributed by atoms with Crippen molar-refractivity contribution in [2.75, 3.05) is 4.90 Å². The first-order valence-corrected chi connectivity index (χ1v) is 11.2. The molecule has 164 valence electrons. The number of amides is 2. The Balaban J connectivity index is 1.87. The van der Waals surface area contributed by atoms with Crippen LogP contribution in [0, 0.1) is 0 Å². The number of carbonyl (C=O) groups is 2. The first-order valence-electron chi connectivity index (χ1n) is 10.4. The van der Waals surface area contributed by atoms with E-state index in [-0.39, 0.29) is 5.91 Å². The maximum absolute atomic E-state index is 14.1. The molecule has 0 fully saturated rings. The van der Waals surface area contributed by atoms with E-state index in [4.69, 9.17) is 4.74 Å². The summed E-state index contributed by atoms with van der Waals surface area (Å²) < 4.78 is 6.41. The summed E-state index contributed by atoms with van der Waals surface area (Å²) in [4.78, 5) is 28.8. The van der Waals surface area contributed by atoms with Crippen LogP contribution in [0.1, 0.15) is 37.5 Å². The number of hydrogen-bond donors (Lipinski definition) is 1. The molecule has 0 spiro atoms. The highest BCUT2D eigenvalue weighted by molar-refractivity contribution is 9.10. The Hall–Kier alpha value is -3.12. The number of ether oxygens (including phenoxy) is 1. The topological polar surface area (TPSA) is 58.6 Å². The van der Waals surface area contributed by atoms with E-state index in [1.807, 2.05) is 78.9 Å². The first-order chi connectivity index (χ1) is 15.2. The smallest absolute Gasteiger partial charge is 0.409 e. The Kier molecular flexibility index (Phi) is 5.82. The number of carbonyl (C=O) groups excluding carboxylic acids is 2. The molecule has 1 atom stereocenters. The molecular formula is C26H25BrN2O3. The van der Waals surface area contributed by atoms with E-state index in [2.05, 4.69) is 21.2 Å². The van der Waals surface area contributed by atoms with E-state index in [1.54, 1.807) is 25.7 Å². The molecule has 4 rings (SSSR count). The summed E-state index contributed by atoms with van der Waals surface area (Å²) in [7, 11) is 0. The van der Waals surface area contributed by atoms with Crippen molar-refractivity contribution in [2.24, 2.45) is 0 Å². The maximum Gasteiger partial charge on any atom is 0.409 e. The molecule has 1 heterocycles. The van der Waals surface area contributed by atoms with E-state index < -0.39 is 17.2 Å². The quantitative estimate of drug-likeness (QED) is 0.503. The maximum atomic E-state index is 14.1. The normalized spacial score (nSPS) is 17.8. The van der Waals surface area contributed by atoms with Gasteiger partial charge in [-0.15, -0.1) is 0 Å². The zero-order chi connectivity index (χ0) is 22.9. The average molecular weight is 493 g/mol. The number of benzene rings is 3. The molecule has 1 aliphatic rings. The van der Waals surface area contributed by atoms with Gasteiger partial charge < -0.3 is 9.64 Å². The van der Waals surface area contributed by atoms with Crippen LogP contribution in [0.25, 0.3) is 0 Å². The second-order valence-electron chi connectivity index (χ2n) is 8.78. The van der Waals surface area contributed by atoms with E-state index >= 15 is 0 Å². The monoisotopic (exact) mass is 492 g/mol. The van der Waals surface area contributed by atoms with Crippen molar-refractivity contribution in [3.8, 4) is 0 Å². The second-order valence-corrected chi connectivity index (χ2v) is 9.70. The van der Waals surface area contributed by atoms with Crippen molar-refractivity contribution in [1.29, 1.82) is 0 Å². The molecule has 0 saturated heterocycles. The lowest BCUT2D eigenvalue weighted by molar-refractivity contribution is -0.123. The number of hydrogen-bond acceptors (Lipinski definition) is 3. The van der Waals surface area contributed by atoms with E-state index in [1.165, 1.54) is 0 Å². The van der Waals surface area contributed by atoms with Gasteiger partial charge in [-0.25, -0.2) is 4.79 Å². The standard InChI is InChI=1S/C26H25BrN2O3/c1-25(2,3)32-24(31)28-26(19-12-8-5-9-13-19)21-15-14-20(27)16-22(21)29(23(26)30)17-18-10-6-4-7-11-18/h4-16H,17H2,1-3H3,(H,28,31)/t26-/m1/s1. The number of nitrogens with zero attached hydrogens (tertiary/aromatic N) is 1. The summed E-state index contributed by atoms with van der Waals surface area (Å²) >= 11 is 3.53. The molecule has 0 aromatic heterocycles. The van der Waals surface area contributed by atoms with Crippen molar-refractivity contribution in [1.82, 2.24) is 5.32 Å². The van der Waals surface area contributed by atoms with Crippen molar-refractivity contribution in [2.45, 2.75) is 38.5 Å². The number of anilines is 1.